The Balaban J connectivity index is 2.75. The van der Waals surface area contributed by atoms with Gasteiger partial charge in [-0.05, 0) is 12.8 Å². The summed E-state index contributed by atoms with van der Waals surface area (Å²) in [5.74, 6) is -0.490. The zero-order valence-corrected chi connectivity index (χ0v) is 9.91. The molecule has 0 bridgehead atoms. The molecular formula is C10H17F3N2O2. The predicted octanol–water partition coefficient (Wildman–Crippen LogP) is 1.42. The normalized spacial score (nSPS) is 23.8. The first-order chi connectivity index (χ1) is 7.99. The number of hydrogen-bond acceptors (Lipinski definition) is 3. The first-order valence-corrected chi connectivity index (χ1v) is 5.48. The summed E-state index contributed by atoms with van der Waals surface area (Å²) in [5, 5.41) is 0.946. The van der Waals surface area contributed by atoms with Gasteiger partial charge in [0.2, 0.25) is 6.30 Å². The fourth-order valence-electron chi connectivity index (χ4n) is 1.96. The maximum atomic E-state index is 13.4. The van der Waals surface area contributed by atoms with Crippen molar-refractivity contribution in [2.45, 2.75) is 38.0 Å². The van der Waals surface area contributed by atoms with Gasteiger partial charge in [0.05, 0.1) is 13.2 Å². The number of rotatable bonds is 4. The Bertz CT molecular complexity index is 266. The van der Waals surface area contributed by atoms with Crippen molar-refractivity contribution in [3.63, 3.8) is 0 Å². The number of likely N-dealkylation sites (N-methyl/N-ethyl adjacent to an activating group) is 1. The standard InChI is InChI=1S/C10H17F3N2O2/c1-14(17-2)10(16)7-5-3-4-6-15(7)9(13)8(11)12/h7-9H,3-6H2,1-2H3. The number of hydroxylamine groups is 2. The van der Waals surface area contributed by atoms with Crippen LogP contribution in [0.4, 0.5) is 13.2 Å². The molecule has 1 aliphatic rings. The van der Waals surface area contributed by atoms with Crippen LogP contribution in [0.3, 0.4) is 0 Å². The van der Waals surface area contributed by atoms with E-state index in [2.05, 4.69) is 0 Å². The molecule has 0 spiro atoms. The van der Waals surface area contributed by atoms with Crippen LogP contribution in [0.1, 0.15) is 19.3 Å². The molecular weight excluding hydrogens is 237 g/mol. The monoisotopic (exact) mass is 254 g/mol. The van der Waals surface area contributed by atoms with E-state index < -0.39 is 24.7 Å². The summed E-state index contributed by atoms with van der Waals surface area (Å²) < 4.78 is 38.1. The van der Waals surface area contributed by atoms with E-state index in [0.717, 1.165) is 16.4 Å². The van der Waals surface area contributed by atoms with Crippen molar-refractivity contribution >= 4 is 5.91 Å². The van der Waals surface area contributed by atoms with Crippen LogP contribution in [0, 0.1) is 0 Å². The number of piperidine rings is 1. The summed E-state index contributed by atoms with van der Waals surface area (Å²) in [6, 6.07) is -0.863. The van der Waals surface area contributed by atoms with Gasteiger partial charge in [-0.2, -0.15) is 0 Å². The van der Waals surface area contributed by atoms with Crippen LogP contribution in [0.5, 0.6) is 0 Å². The number of likely N-dealkylation sites (tertiary alicyclic amines) is 1. The molecule has 100 valence electrons. The quantitative estimate of drug-likeness (QED) is 0.562. The molecule has 0 radical (unpaired) electrons. The van der Waals surface area contributed by atoms with Crippen molar-refractivity contribution in [3.8, 4) is 0 Å². The summed E-state index contributed by atoms with van der Waals surface area (Å²) in [6.07, 6.45) is -3.78. The number of carbonyl (C=O) groups excluding carboxylic acids is 1. The van der Waals surface area contributed by atoms with E-state index in [0.29, 0.717) is 12.8 Å². The Kier molecular flexibility index (Phi) is 5.20. The summed E-state index contributed by atoms with van der Waals surface area (Å²) in [4.78, 5) is 17.4. The van der Waals surface area contributed by atoms with E-state index in [1.807, 2.05) is 0 Å². The number of carbonyl (C=O) groups is 1. The average Bonchev–Trinajstić information content (AvgIpc) is 2.35. The van der Waals surface area contributed by atoms with Crippen LogP contribution in [0.25, 0.3) is 0 Å². The van der Waals surface area contributed by atoms with Crippen LogP contribution in [-0.4, -0.2) is 55.3 Å². The third-order valence-corrected chi connectivity index (χ3v) is 2.94. The van der Waals surface area contributed by atoms with Crippen LogP contribution >= 0.6 is 0 Å². The van der Waals surface area contributed by atoms with Crippen molar-refractivity contribution in [1.82, 2.24) is 9.96 Å². The maximum Gasteiger partial charge on any atom is 0.282 e. The molecule has 17 heavy (non-hydrogen) atoms. The lowest BCUT2D eigenvalue weighted by Crippen LogP contribution is -2.54. The number of alkyl halides is 3. The van der Waals surface area contributed by atoms with Gasteiger partial charge in [-0.25, -0.2) is 18.2 Å². The summed E-state index contributed by atoms with van der Waals surface area (Å²) >= 11 is 0. The van der Waals surface area contributed by atoms with Crippen molar-refractivity contribution in [3.05, 3.63) is 0 Å². The van der Waals surface area contributed by atoms with Gasteiger partial charge in [-0.1, -0.05) is 6.42 Å². The van der Waals surface area contributed by atoms with Crippen molar-refractivity contribution < 1.29 is 22.8 Å². The highest BCUT2D eigenvalue weighted by atomic mass is 19.3. The highest BCUT2D eigenvalue weighted by molar-refractivity contribution is 5.80. The summed E-state index contributed by atoms with van der Waals surface area (Å²) in [7, 11) is 2.68. The molecule has 0 aliphatic carbocycles. The molecule has 1 fully saturated rings. The lowest BCUT2D eigenvalue weighted by Gasteiger charge is -2.37. The van der Waals surface area contributed by atoms with Gasteiger partial charge in [-0.3, -0.25) is 14.5 Å². The van der Waals surface area contributed by atoms with Gasteiger partial charge in [-0.15, -0.1) is 0 Å². The van der Waals surface area contributed by atoms with Crippen LogP contribution in [0.15, 0.2) is 0 Å². The van der Waals surface area contributed by atoms with Gasteiger partial charge in [0.15, 0.2) is 0 Å². The number of nitrogens with zero attached hydrogens (tertiary/aromatic N) is 2. The van der Waals surface area contributed by atoms with Crippen molar-refractivity contribution in [2.75, 3.05) is 20.7 Å². The minimum absolute atomic E-state index is 0.166. The second-order valence-electron chi connectivity index (χ2n) is 3.97. The van der Waals surface area contributed by atoms with E-state index in [4.69, 9.17) is 4.84 Å². The SMILES string of the molecule is CON(C)C(=O)C1CCCCN1C(F)C(F)F. The molecule has 1 rings (SSSR count). The van der Waals surface area contributed by atoms with Crippen LogP contribution in [-0.2, 0) is 9.63 Å². The van der Waals surface area contributed by atoms with E-state index in [9.17, 15) is 18.0 Å². The van der Waals surface area contributed by atoms with Gasteiger partial charge < -0.3 is 0 Å². The fourth-order valence-corrected chi connectivity index (χ4v) is 1.96. The zero-order chi connectivity index (χ0) is 13.0. The van der Waals surface area contributed by atoms with Gasteiger partial charge >= 0.3 is 0 Å². The molecule has 1 saturated heterocycles. The lowest BCUT2D eigenvalue weighted by molar-refractivity contribution is -0.181. The predicted molar refractivity (Wildman–Crippen MR) is 55.0 cm³/mol. The largest absolute Gasteiger partial charge is 0.282 e. The topological polar surface area (TPSA) is 32.8 Å². The summed E-state index contributed by atoms with van der Waals surface area (Å²) in [5.41, 5.74) is 0. The number of halogens is 3. The second-order valence-corrected chi connectivity index (χ2v) is 3.97. The summed E-state index contributed by atoms with van der Waals surface area (Å²) in [6.45, 7) is 0.166. The zero-order valence-electron chi connectivity index (χ0n) is 9.91. The molecule has 2 unspecified atom stereocenters. The first-order valence-electron chi connectivity index (χ1n) is 5.48. The number of amides is 1. The highest BCUT2D eigenvalue weighted by Gasteiger charge is 2.39. The Morgan fingerprint density at radius 2 is 2.06 bits per heavy atom. The maximum absolute atomic E-state index is 13.4. The van der Waals surface area contributed by atoms with Crippen LogP contribution in [0.2, 0.25) is 0 Å². The molecule has 4 nitrogen and oxygen atoms in total. The smallest absolute Gasteiger partial charge is 0.275 e. The Labute approximate surface area is 98.3 Å². The Morgan fingerprint density at radius 3 is 2.59 bits per heavy atom. The van der Waals surface area contributed by atoms with Crippen molar-refractivity contribution in [1.29, 1.82) is 0 Å². The molecule has 0 aromatic heterocycles. The van der Waals surface area contributed by atoms with Gasteiger partial charge in [0.1, 0.15) is 0 Å². The van der Waals surface area contributed by atoms with E-state index in [1.54, 1.807) is 0 Å². The third kappa shape index (κ3) is 3.32. The molecule has 0 aromatic rings. The highest BCUT2D eigenvalue weighted by Crippen LogP contribution is 2.24. The van der Waals surface area contributed by atoms with Gasteiger partial charge in [0.25, 0.3) is 12.3 Å². The molecule has 1 heterocycles. The molecule has 7 heteroatoms. The van der Waals surface area contributed by atoms with E-state index in [1.165, 1.54) is 14.2 Å². The van der Waals surface area contributed by atoms with E-state index in [-0.39, 0.29) is 6.54 Å². The molecule has 0 N–H and O–H groups in total. The van der Waals surface area contributed by atoms with Crippen molar-refractivity contribution in [2.24, 2.45) is 0 Å². The molecule has 2 atom stereocenters. The van der Waals surface area contributed by atoms with Crippen LogP contribution < -0.4 is 0 Å². The Morgan fingerprint density at radius 1 is 1.41 bits per heavy atom. The Hall–Kier alpha value is -0.820. The average molecular weight is 254 g/mol. The molecule has 0 saturated carbocycles. The molecule has 1 aliphatic heterocycles. The van der Waals surface area contributed by atoms with Gasteiger partial charge in [0, 0.05) is 13.6 Å². The van der Waals surface area contributed by atoms with E-state index >= 15 is 0 Å². The molecule has 1 amide bonds. The lowest BCUT2D eigenvalue weighted by atomic mass is 10.0. The minimum Gasteiger partial charge on any atom is -0.275 e. The first kappa shape index (κ1) is 14.2. The fraction of sp³-hybridized carbons (Fsp3) is 0.900. The minimum atomic E-state index is -3.10. The molecule has 0 aromatic carbocycles. The third-order valence-electron chi connectivity index (χ3n) is 2.94. The second kappa shape index (κ2) is 6.20. The number of hydrogen-bond donors (Lipinski definition) is 0.